The van der Waals surface area contributed by atoms with Crippen molar-refractivity contribution in [2.45, 2.75) is 6.54 Å². The Labute approximate surface area is 90.8 Å². The van der Waals surface area contributed by atoms with Gasteiger partial charge in [-0.25, -0.2) is 4.79 Å². The van der Waals surface area contributed by atoms with Crippen molar-refractivity contribution in [2.75, 3.05) is 6.54 Å². The molecule has 6 nitrogen and oxygen atoms in total. The summed E-state index contributed by atoms with van der Waals surface area (Å²) < 4.78 is 0. The molecule has 6 heteroatoms. The molecule has 0 radical (unpaired) electrons. The molecule has 5 N–H and O–H groups in total. The number of carbonyl (C=O) groups excluding carboxylic acids is 1. The molecule has 1 aromatic carbocycles. The first-order valence-corrected chi connectivity index (χ1v) is 4.85. The van der Waals surface area contributed by atoms with E-state index in [-0.39, 0.29) is 12.2 Å². The van der Waals surface area contributed by atoms with Crippen molar-refractivity contribution >= 4 is 16.9 Å². The average molecular weight is 220 g/mol. The van der Waals surface area contributed by atoms with Crippen LogP contribution in [0.4, 0.5) is 0 Å². The molecule has 2 rings (SSSR count). The van der Waals surface area contributed by atoms with E-state index in [2.05, 4.69) is 15.3 Å². The summed E-state index contributed by atoms with van der Waals surface area (Å²) in [6.45, 7) is 0.674. The van der Waals surface area contributed by atoms with Crippen molar-refractivity contribution in [2.24, 2.45) is 5.73 Å². The van der Waals surface area contributed by atoms with Crippen molar-refractivity contribution in [3.8, 4) is 0 Å². The molecule has 1 heterocycles. The standard InChI is InChI=1S/C10H12N4O2/c11-9(15)5-12-4-6-1-2-7-8(3-6)14-10(16)13-7/h1-3,12H,4-5H2,(H2,11,15)(H2,13,14,16). The van der Waals surface area contributed by atoms with Crippen LogP contribution in [0.25, 0.3) is 11.0 Å². The van der Waals surface area contributed by atoms with Crippen molar-refractivity contribution in [3.63, 3.8) is 0 Å². The Morgan fingerprint density at radius 1 is 1.31 bits per heavy atom. The number of fused-ring (bicyclic) bond motifs is 1. The zero-order valence-electron chi connectivity index (χ0n) is 8.54. The van der Waals surface area contributed by atoms with Crippen LogP contribution in [0.3, 0.4) is 0 Å². The lowest BCUT2D eigenvalue weighted by Gasteiger charge is -2.02. The lowest BCUT2D eigenvalue weighted by molar-refractivity contribution is -0.117. The summed E-state index contributed by atoms with van der Waals surface area (Å²) in [6.07, 6.45) is 0. The topological polar surface area (TPSA) is 104 Å². The van der Waals surface area contributed by atoms with E-state index in [0.29, 0.717) is 6.54 Å². The maximum absolute atomic E-state index is 11.0. The average Bonchev–Trinajstić information content (AvgIpc) is 2.56. The number of hydrogen-bond acceptors (Lipinski definition) is 3. The second-order valence-corrected chi connectivity index (χ2v) is 3.53. The number of imidazole rings is 1. The molecule has 0 saturated heterocycles. The molecule has 84 valence electrons. The van der Waals surface area contributed by atoms with Crippen molar-refractivity contribution < 1.29 is 4.79 Å². The first kappa shape index (κ1) is 10.4. The third kappa shape index (κ3) is 2.29. The monoisotopic (exact) mass is 220 g/mol. The molecule has 0 aliphatic carbocycles. The molecule has 0 fully saturated rings. The molecule has 0 saturated carbocycles. The SMILES string of the molecule is NC(=O)CNCc1ccc2[nH]c(=O)[nH]c2c1. The fourth-order valence-electron chi connectivity index (χ4n) is 1.52. The van der Waals surface area contributed by atoms with Gasteiger partial charge >= 0.3 is 5.69 Å². The van der Waals surface area contributed by atoms with Crippen LogP contribution < -0.4 is 16.7 Å². The van der Waals surface area contributed by atoms with Gasteiger partial charge in [0.25, 0.3) is 0 Å². The maximum atomic E-state index is 11.0. The fourth-order valence-corrected chi connectivity index (χ4v) is 1.52. The summed E-state index contributed by atoms with van der Waals surface area (Å²) in [6, 6.07) is 5.54. The molecule has 0 atom stereocenters. The van der Waals surface area contributed by atoms with E-state index >= 15 is 0 Å². The number of rotatable bonds is 4. The summed E-state index contributed by atoms with van der Waals surface area (Å²) in [4.78, 5) is 26.8. The van der Waals surface area contributed by atoms with Crippen molar-refractivity contribution in [1.82, 2.24) is 15.3 Å². The number of nitrogens with one attached hydrogen (secondary N) is 3. The highest BCUT2D eigenvalue weighted by atomic mass is 16.1. The predicted molar refractivity (Wildman–Crippen MR) is 59.8 cm³/mol. The third-order valence-corrected chi connectivity index (χ3v) is 2.21. The van der Waals surface area contributed by atoms with Crippen LogP contribution in [0, 0.1) is 0 Å². The zero-order valence-corrected chi connectivity index (χ0v) is 8.54. The van der Waals surface area contributed by atoms with E-state index in [1.807, 2.05) is 18.2 Å². The quantitative estimate of drug-likeness (QED) is 0.554. The molecule has 0 unspecified atom stereocenters. The Balaban J connectivity index is 2.13. The maximum Gasteiger partial charge on any atom is 0.323 e. The molecule has 0 spiro atoms. The van der Waals surface area contributed by atoms with Gasteiger partial charge in [0.05, 0.1) is 17.6 Å². The molecule has 0 bridgehead atoms. The van der Waals surface area contributed by atoms with Gasteiger partial charge in [0.2, 0.25) is 5.91 Å². The molecule has 16 heavy (non-hydrogen) atoms. The number of aromatic nitrogens is 2. The van der Waals surface area contributed by atoms with Gasteiger partial charge in [-0.3, -0.25) is 4.79 Å². The summed E-state index contributed by atoms with van der Waals surface area (Å²) in [5, 5.41) is 2.90. The van der Waals surface area contributed by atoms with Gasteiger partial charge in [-0.2, -0.15) is 0 Å². The Hall–Kier alpha value is -2.08. The van der Waals surface area contributed by atoms with Crippen LogP contribution in [0.5, 0.6) is 0 Å². The van der Waals surface area contributed by atoms with Gasteiger partial charge in [0.15, 0.2) is 0 Å². The minimum absolute atomic E-state index is 0.141. The normalized spacial score (nSPS) is 10.8. The summed E-state index contributed by atoms with van der Waals surface area (Å²) in [5.74, 6) is -0.392. The summed E-state index contributed by atoms with van der Waals surface area (Å²) in [5.41, 5.74) is 7.27. The Morgan fingerprint density at radius 2 is 2.06 bits per heavy atom. The minimum atomic E-state index is -0.392. The van der Waals surface area contributed by atoms with E-state index in [9.17, 15) is 9.59 Å². The predicted octanol–water partition coefficient (Wildman–Crippen LogP) is -0.569. The first-order valence-electron chi connectivity index (χ1n) is 4.85. The first-order chi connectivity index (χ1) is 7.65. The van der Waals surface area contributed by atoms with Crippen LogP contribution in [0.15, 0.2) is 23.0 Å². The van der Waals surface area contributed by atoms with E-state index < -0.39 is 5.91 Å². The largest absolute Gasteiger partial charge is 0.369 e. The van der Waals surface area contributed by atoms with Gasteiger partial charge < -0.3 is 21.0 Å². The Bertz CT molecular complexity index is 569. The molecule has 2 aromatic rings. The van der Waals surface area contributed by atoms with E-state index in [1.54, 1.807) is 0 Å². The lowest BCUT2D eigenvalue weighted by atomic mass is 10.2. The van der Waals surface area contributed by atoms with Crippen LogP contribution in [-0.4, -0.2) is 22.4 Å². The van der Waals surface area contributed by atoms with Crippen LogP contribution in [0.2, 0.25) is 0 Å². The lowest BCUT2D eigenvalue weighted by Crippen LogP contribution is -2.28. The summed E-state index contributed by atoms with van der Waals surface area (Å²) in [7, 11) is 0. The number of amides is 1. The van der Waals surface area contributed by atoms with Gasteiger partial charge in [0, 0.05) is 6.54 Å². The van der Waals surface area contributed by atoms with Crippen molar-refractivity contribution in [1.29, 1.82) is 0 Å². The third-order valence-electron chi connectivity index (χ3n) is 2.21. The number of carbonyl (C=O) groups is 1. The number of aromatic amines is 2. The number of primary amides is 1. The minimum Gasteiger partial charge on any atom is -0.369 e. The van der Waals surface area contributed by atoms with Crippen LogP contribution >= 0.6 is 0 Å². The molecular formula is C10H12N4O2. The van der Waals surface area contributed by atoms with Crippen LogP contribution in [-0.2, 0) is 11.3 Å². The molecule has 0 aliphatic heterocycles. The molecule has 1 amide bonds. The number of hydrogen-bond donors (Lipinski definition) is 4. The second-order valence-electron chi connectivity index (χ2n) is 3.53. The highest BCUT2D eigenvalue weighted by Crippen LogP contribution is 2.09. The number of H-pyrrole nitrogens is 2. The Morgan fingerprint density at radius 3 is 2.81 bits per heavy atom. The highest BCUT2D eigenvalue weighted by Gasteiger charge is 2.00. The molecule has 1 aromatic heterocycles. The number of nitrogens with two attached hydrogens (primary N) is 1. The van der Waals surface area contributed by atoms with Gasteiger partial charge in [-0.15, -0.1) is 0 Å². The van der Waals surface area contributed by atoms with E-state index in [1.165, 1.54) is 0 Å². The van der Waals surface area contributed by atoms with E-state index in [0.717, 1.165) is 16.6 Å². The molecule has 0 aliphatic rings. The van der Waals surface area contributed by atoms with Crippen molar-refractivity contribution in [3.05, 3.63) is 34.2 Å². The molecular weight excluding hydrogens is 208 g/mol. The van der Waals surface area contributed by atoms with Gasteiger partial charge in [-0.05, 0) is 17.7 Å². The zero-order chi connectivity index (χ0) is 11.5. The smallest absolute Gasteiger partial charge is 0.323 e. The number of benzene rings is 1. The summed E-state index contributed by atoms with van der Waals surface area (Å²) >= 11 is 0. The van der Waals surface area contributed by atoms with E-state index in [4.69, 9.17) is 5.73 Å². The van der Waals surface area contributed by atoms with Gasteiger partial charge in [0.1, 0.15) is 0 Å². The highest BCUT2D eigenvalue weighted by molar-refractivity contribution is 5.76. The second kappa shape index (κ2) is 4.19. The Kier molecular flexibility index (Phi) is 2.74. The van der Waals surface area contributed by atoms with Crippen LogP contribution in [0.1, 0.15) is 5.56 Å². The van der Waals surface area contributed by atoms with Gasteiger partial charge in [-0.1, -0.05) is 6.07 Å². The fraction of sp³-hybridized carbons (Fsp3) is 0.200.